The maximum absolute atomic E-state index is 11.7. The average molecular weight is 342 g/mol. The number of hydrogen-bond acceptors (Lipinski definition) is 6. The zero-order valence-corrected chi connectivity index (χ0v) is 14.6. The van der Waals surface area contributed by atoms with E-state index in [1.807, 2.05) is 19.1 Å². The summed E-state index contributed by atoms with van der Waals surface area (Å²) in [5, 5.41) is 13.4. The molecule has 6 nitrogen and oxygen atoms in total. The van der Waals surface area contributed by atoms with Gasteiger partial charge in [-0.25, -0.2) is 8.42 Å². The van der Waals surface area contributed by atoms with Crippen LogP contribution in [0.1, 0.15) is 30.2 Å². The van der Waals surface area contributed by atoms with Gasteiger partial charge in [-0.3, -0.25) is 4.98 Å². The number of aliphatic hydroxyl groups excluding tert-OH is 1. The third-order valence-corrected chi connectivity index (χ3v) is 5.42. The van der Waals surface area contributed by atoms with Gasteiger partial charge in [-0.15, -0.1) is 0 Å². The number of nitrogens with one attached hydrogen (secondary N) is 1. The lowest BCUT2D eigenvalue weighted by Crippen LogP contribution is -2.44. The summed E-state index contributed by atoms with van der Waals surface area (Å²) in [7, 11) is -3.06. The number of aliphatic hydroxyl groups is 1. The first kappa shape index (κ1) is 18.3. The van der Waals surface area contributed by atoms with Crippen molar-refractivity contribution in [2.24, 2.45) is 5.41 Å². The molecule has 1 unspecified atom stereocenters. The van der Waals surface area contributed by atoms with Gasteiger partial charge in [0, 0.05) is 55.4 Å². The monoisotopic (exact) mass is 342 g/mol. The molecule has 0 aliphatic carbocycles. The minimum atomic E-state index is -3.06. The second-order valence-electron chi connectivity index (χ2n) is 6.56. The van der Waals surface area contributed by atoms with Crippen molar-refractivity contribution in [1.82, 2.24) is 10.3 Å². The zero-order chi connectivity index (χ0) is 16.9. The van der Waals surface area contributed by atoms with Gasteiger partial charge in [0.15, 0.2) is 0 Å². The first-order valence-corrected chi connectivity index (χ1v) is 9.93. The van der Waals surface area contributed by atoms with E-state index in [-0.39, 0.29) is 11.2 Å². The van der Waals surface area contributed by atoms with Crippen LogP contribution in [0.4, 0.5) is 0 Å². The Morgan fingerprint density at radius 3 is 2.65 bits per heavy atom. The molecule has 1 saturated heterocycles. The summed E-state index contributed by atoms with van der Waals surface area (Å²) in [6, 6.07) is 3.72. The summed E-state index contributed by atoms with van der Waals surface area (Å²) < 4.78 is 28.8. The molecule has 0 spiro atoms. The van der Waals surface area contributed by atoms with Gasteiger partial charge in [-0.2, -0.15) is 0 Å². The first-order chi connectivity index (χ1) is 10.8. The van der Waals surface area contributed by atoms with Crippen LogP contribution in [-0.2, 0) is 14.6 Å². The molecule has 1 aliphatic rings. The van der Waals surface area contributed by atoms with Crippen molar-refractivity contribution in [1.29, 1.82) is 0 Å². The Kier molecular flexibility index (Phi) is 6.13. The Morgan fingerprint density at radius 1 is 1.39 bits per heavy atom. The molecule has 1 atom stereocenters. The van der Waals surface area contributed by atoms with E-state index in [1.54, 1.807) is 6.20 Å². The highest BCUT2D eigenvalue weighted by molar-refractivity contribution is 7.90. The van der Waals surface area contributed by atoms with E-state index in [0.717, 1.165) is 24.1 Å². The molecule has 1 fully saturated rings. The van der Waals surface area contributed by atoms with Crippen LogP contribution in [-0.4, -0.2) is 56.8 Å². The van der Waals surface area contributed by atoms with Crippen LogP contribution in [0, 0.1) is 12.3 Å². The van der Waals surface area contributed by atoms with E-state index in [4.69, 9.17) is 4.74 Å². The molecule has 0 aromatic carbocycles. The van der Waals surface area contributed by atoms with Gasteiger partial charge in [0.2, 0.25) is 0 Å². The molecular weight excluding hydrogens is 316 g/mol. The number of ether oxygens (including phenoxy) is 1. The number of pyridine rings is 1. The maximum atomic E-state index is 11.7. The van der Waals surface area contributed by atoms with E-state index in [0.29, 0.717) is 26.3 Å². The van der Waals surface area contributed by atoms with Crippen molar-refractivity contribution >= 4 is 9.84 Å². The minimum absolute atomic E-state index is 0.151. The molecule has 2 heterocycles. The lowest BCUT2D eigenvalue weighted by molar-refractivity contribution is 0.0243. The van der Waals surface area contributed by atoms with Gasteiger partial charge in [0.25, 0.3) is 0 Å². The Bertz CT molecular complexity index is 595. The lowest BCUT2D eigenvalue weighted by Gasteiger charge is -2.37. The summed E-state index contributed by atoms with van der Waals surface area (Å²) in [4.78, 5) is 4.18. The fourth-order valence-electron chi connectivity index (χ4n) is 3.00. The van der Waals surface area contributed by atoms with E-state index < -0.39 is 15.9 Å². The van der Waals surface area contributed by atoms with Crippen molar-refractivity contribution in [2.45, 2.75) is 25.9 Å². The largest absolute Gasteiger partial charge is 0.387 e. The number of aromatic nitrogens is 1. The number of aryl methyl sites for hydroxylation is 1. The van der Waals surface area contributed by atoms with Gasteiger partial charge in [0.1, 0.15) is 9.84 Å². The molecule has 0 radical (unpaired) electrons. The standard InChI is InChI=1S/C16H26N2O4S/c1-13-3-4-14(9-18-13)15(19)10-17-11-16(12-23(2,20)21)5-7-22-8-6-16/h3-4,9,15,17,19H,5-8,10-12H2,1-2H3. The van der Waals surface area contributed by atoms with Crippen molar-refractivity contribution in [3.05, 3.63) is 29.6 Å². The Labute approximate surface area is 138 Å². The van der Waals surface area contributed by atoms with Crippen LogP contribution >= 0.6 is 0 Å². The van der Waals surface area contributed by atoms with Crippen LogP contribution in [0.25, 0.3) is 0 Å². The van der Waals surface area contributed by atoms with Crippen LogP contribution < -0.4 is 5.32 Å². The maximum Gasteiger partial charge on any atom is 0.148 e. The molecule has 1 aromatic heterocycles. The Balaban J connectivity index is 1.92. The van der Waals surface area contributed by atoms with E-state index >= 15 is 0 Å². The molecule has 130 valence electrons. The molecule has 1 aliphatic heterocycles. The molecular formula is C16H26N2O4S. The SMILES string of the molecule is Cc1ccc(C(O)CNCC2(CS(C)(=O)=O)CCOCC2)cn1. The van der Waals surface area contributed by atoms with Gasteiger partial charge in [0.05, 0.1) is 11.9 Å². The smallest absolute Gasteiger partial charge is 0.148 e. The van der Waals surface area contributed by atoms with Gasteiger partial charge < -0.3 is 15.2 Å². The van der Waals surface area contributed by atoms with Crippen molar-refractivity contribution in [3.8, 4) is 0 Å². The zero-order valence-electron chi connectivity index (χ0n) is 13.8. The molecule has 23 heavy (non-hydrogen) atoms. The van der Waals surface area contributed by atoms with E-state index in [9.17, 15) is 13.5 Å². The number of nitrogens with zero attached hydrogens (tertiary/aromatic N) is 1. The van der Waals surface area contributed by atoms with Gasteiger partial charge in [-0.05, 0) is 25.8 Å². The first-order valence-electron chi connectivity index (χ1n) is 7.87. The van der Waals surface area contributed by atoms with Gasteiger partial charge in [-0.1, -0.05) is 6.07 Å². The van der Waals surface area contributed by atoms with E-state index in [1.165, 1.54) is 6.26 Å². The van der Waals surface area contributed by atoms with Crippen LogP contribution in [0.3, 0.4) is 0 Å². The number of rotatable bonds is 7. The number of hydrogen-bond donors (Lipinski definition) is 2. The third-order valence-electron chi connectivity index (χ3n) is 4.28. The number of sulfone groups is 1. The summed E-state index contributed by atoms with van der Waals surface area (Å²) in [6.07, 6.45) is 3.72. The summed E-state index contributed by atoms with van der Waals surface area (Å²) in [6.45, 7) is 3.99. The highest BCUT2D eigenvalue weighted by Gasteiger charge is 2.35. The average Bonchev–Trinajstić information content (AvgIpc) is 2.47. The van der Waals surface area contributed by atoms with Crippen molar-refractivity contribution < 1.29 is 18.3 Å². The quantitative estimate of drug-likeness (QED) is 0.764. The summed E-state index contributed by atoms with van der Waals surface area (Å²) in [5.41, 5.74) is 1.35. The van der Waals surface area contributed by atoms with Crippen molar-refractivity contribution in [3.63, 3.8) is 0 Å². The fraction of sp³-hybridized carbons (Fsp3) is 0.688. The Morgan fingerprint density at radius 2 is 2.09 bits per heavy atom. The second kappa shape index (κ2) is 7.70. The second-order valence-corrected chi connectivity index (χ2v) is 8.70. The van der Waals surface area contributed by atoms with Crippen LogP contribution in [0.5, 0.6) is 0 Å². The lowest BCUT2D eigenvalue weighted by atomic mass is 9.82. The molecule has 7 heteroatoms. The molecule has 0 amide bonds. The van der Waals surface area contributed by atoms with Crippen LogP contribution in [0.2, 0.25) is 0 Å². The normalized spacial score (nSPS) is 19.4. The predicted molar refractivity (Wildman–Crippen MR) is 89.0 cm³/mol. The molecule has 2 rings (SSSR count). The highest BCUT2D eigenvalue weighted by Crippen LogP contribution is 2.31. The molecule has 0 bridgehead atoms. The molecule has 0 saturated carbocycles. The third kappa shape index (κ3) is 5.84. The molecule has 1 aromatic rings. The minimum Gasteiger partial charge on any atom is -0.387 e. The predicted octanol–water partition coefficient (Wildman–Crippen LogP) is 0.854. The summed E-state index contributed by atoms with van der Waals surface area (Å²) >= 11 is 0. The van der Waals surface area contributed by atoms with Gasteiger partial charge >= 0.3 is 0 Å². The Hall–Kier alpha value is -1.02. The van der Waals surface area contributed by atoms with Crippen LogP contribution in [0.15, 0.2) is 18.3 Å². The summed E-state index contributed by atoms with van der Waals surface area (Å²) in [5.74, 6) is 0.151. The topological polar surface area (TPSA) is 88.5 Å². The molecule has 2 N–H and O–H groups in total. The van der Waals surface area contributed by atoms with Crippen molar-refractivity contribution in [2.75, 3.05) is 38.3 Å². The highest BCUT2D eigenvalue weighted by atomic mass is 32.2. The fourth-order valence-corrected chi connectivity index (χ4v) is 4.50. The van der Waals surface area contributed by atoms with E-state index in [2.05, 4.69) is 10.3 Å².